The van der Waals surface area contributed by atoms with Crippen LogP contribution in [-0.4, -0.2) is 11.8 Å². The van der Waals surface area contributed by atoms with Crippen LogP contribution in [0.5, 0.6) is 0 Å². The first kappa shape index (κ1) is 14.8. The fraction of sp³-hybridized carbons (Fsp3) is 0.176. The molecular weight excluding hydrogens is 264 g/mol. The second kappa shape index (κ2) is 6.70. The average molecular weight is 282 g/mol. The van der Waals surface area contributed by atoms with Crippen LogP contribution in [0.15, 0.2) is 48.5 Å². The van der Waals surface area contributed by atoms with Crippen molar-refractivity contribution in [2.24, 2.45) is 5.73 Å². The van der Waals surface area contributed by atoms with Crippen LogP contribution in [-0.2, 0) is 11.2 Å². The highest BCUT2D eigenvalue weighted by Gasteiger charge is 2.10. The van der Waals surface area contributed by atoms with E-state index in [0.29, 0.717) is 24.1 Å². The molecule has 0 bridgehead atoms. The summed E-state index contributed by atoms with van der Waals surface area (Å²) in [6.45, 7) is 2.03. The number of nitrogens with one attached hydrogen (secondary N) is 1. The molecule has 0 fully saturated rings. The number of aryl methyl sites for hydroxylation is 2. The molecule has 0 spiro atoms. The van der Waals surface area contributed by atoms with Crippen LogP contribution in [0, 0.1) is 6.92 Å². The minimum absolute atomic E-state index is 0.135. The van der Waals surface area contributed by atoms with Crippen LogP contribution in [0.2, 0.25) is 0 Å². The number of benzene rings is 2. The van der Waals surface area contributed by atoms with Crippen molar-refractivity contribution in [1.29, 1.82) is 0 Å². The molecule has 0 unspecified atom stereocenters. The van der Waals surface area contributed by atoms with E-state index in [2.05, 4.69) is 5.32 Å². The van der Waals surface area contributed by atoms with Crippen molar-refractivity contribution < 1.29 is 9.59 Å². The van der Waals surface area contributed by atoms with Crippen LogP contribution < -0.4 is 11.1 Å². The summed E-state index contributed by atoms with van der Waals surface area (Å²) in [7, 11) is 0. The molecule has 2 aromatic carbocycles. The summed E-state index contributed by atoms with van der Waals surface area (Å²) in [5, 5.41) is 2.73. The third-order valence-electron chi connectivity index (χ3n) is 3.23. The van der Waals surface area contributed by atoms with E-state index in [1.807, 2.05) is 31.2 Å². The van der Waals surface area contributed by atoms with E-state index in [1.54, 1.807) is 24.3 Å². The molecule has 2 aromatic rings. The minimum Gasteiger partial charge on any atom is -0.366 e. The first-order valence-corrected chi connectivity index (χ1v) is 6.80. The maximum Gasteiger partial charge on any atom is 0.250 e. The second-order valence-electron chi connectivity index (χ2n) is 4.94. The Morgan fingerprint density at radius 1 is 1.05 bits per heavy atom. The van der Waals surface area contributed by atoms with Crippen LogP contribution in [0.1, 0.15) is 27.9 Å². The van der Waals surface area contributed by atoms with Crippen molar-refractivity contribution >= 4 is 17.5 Å². The monoisotopic (exact) mass is 282 g/mol. The third kappa shape index (κ3) is 4.18. The number of hydrogen-bond donors (Lipinski definition) is 2. The van der Waals surface area contributed by atoms with Gasteiger partial charge in [-0.05, 0) is 31.0 Å². The lowest BCUT2D eigenvalue weighted by atomic mass is 10.1. The average Bonchev–Trinajstić information content (AvgIpc) is 2.47. The first-order valence-electron chi connectivity index (χ1n) is 6.80. The summed E-state index contributed by atoms with van der Waals surface area (Å²) >= 11 is 0. The number of rotatable bonds is 5. The van der Waals surface area contributed by atoms with Crippen molar-refractivity contribution in [2.45, 2.75) is 19.8 Å². The van der Waals surface area contributed by atoms with Gasteiger partial charge in [-0.25, -0.2) is 0 Å². The molecule has 2 rings (SSSR count). The number of primary amides is 1. The Balaban J connectivity index is 1.96. The summed E-state index contributed by atoms with van der Waals surface area (Å²) in [6.07, 6.45) is 1.01. The van der Waals surface area contributed by atoms with Gasteiger partial charge in [0.15, 0.2) is 0 Å². The molecule has 0 aliphatic heterocycles. The quantitative estimate of drug-likeness (QED) is 0.885. The molecule has 0 saturated carbocycles. The number of hydrogen-bond acceptors (Lipinski definition) is 2. The highest BCUT2D eigenvalue weighted by molar-refractivity contribution is 6.02. The lowest BCUT2D eigenvalue weighted by Crippen LogP contribution is -2.18. The largest absolute Gasteiger partial charge is 0.366 e. The predicted molar refractivity (Wildman–Crippen MR) is 83.1 cm³/mol. The van der Waals surface area contributed by atoms with Gasteiger partial charge in [0.1, 0.15) is 0 Å². The Morgan fingerprint density at radius 3 is 2.38 bits per heavy atom. The van der Waals surface area contributed by atoms with Crippen LogP contribution in [0.3, 0.4) is 0 Å². The number of amides is 2. The molecule has 0 aliphatic carbocycles. The van der Waals surface area contributed by atoms with Crippen molar-refractivity contribution in [1.82, 2.24) is 0 Å². The Hall–Kier alpha value is -2.62. The molecule has 108 valence electrons. The number of para-hydroxylation sites is 1. The van der Waals surface area contributed by atoms with Crippen molar-refractivity contribution in [3.8, 4) is 0 Å². The molecular formula is C17H18N2O2. The zero-order valence-electron chi connectivity index (χ0n) is 11.9. The predicted octanol–water partition coefficient (Wildman–Crippen LogP) is 2.67. The molecule has 0 radical (unpaired) electrons. The second-order valence-corrected chi connectivity index (χ2v) is 4.94. The molecule has 4 heteroatoms. The van der Waals surface area contributed by atoms with E-state index in [-0.39, 0.29) is 5.91 Å². The molecule has 0 saturated heterocycles. The highest BCUT2D eigenvalue weighted by atomic mass is 16.2. The van der Waals surface area contributed by atoms with Gasteiger partial charge in [0.25, 0.3) is 5.91 Å². The Labute approximate surface area is 124 Å². The van der Waals surface area contributed by atoms with Gasteiger partial charge in [-0.2, -0.15) is 0 Å². The zero-order chi connectivity index (χ0) is 15.2. The number of carbonyl (C=O) groups is 2. The highest BCUT2D eigenvalue weighted by Crippen LogP contribution is 2.15. The third-order valence-corrected chi connectivity index (χ3v) is 3.23. The molecule has 2 amide bonds. The van der Waals surface area contributed by atoms with Crippen LogP contribution >= 0.6 is 0 Å². The van der Waals surface area contributed by atoms with E-state index in [4.69, 9.17) is 5.73 Å². The maximum absolute atomic E-state index is 12.0. The van der Waals surface area contributed by atoms with Gasteiger partial charge in [-0.3, -0.25) is 9.59 Å². The topological polar surface area (TPSA) is 72.2 Å². The van der Waals surface area contributed by atoms with Crippen molar-refractivity contribution in [2.75, 3.05) is 5.32 Å². The fourth-order valence-corrected chi connectivity index (χ4v) is 2.03. The lowest BCUT2D eigenvalue weighted by Gasteiger charge is -2.08. The minimum atomic E-state index is -0.551. The summed E-state index contributed by atoms with van der Waals surface area (Å²) in [5.74, 6) is -0.686. The van der Waals surface area contributed by atoms with Crippen LogP contribution in [0.4, 0.5) is 5.69 Å². The number of nitrogens with two attached hydrogens (primary N) is 1. The summed E-state index contributed by atoms with van der Waals surface area (Å²) in [4.78, 5) is 23.2. The normalized spacial score (nSPS) is 10.1. The van der Waals surface area contributed by atoms with E-state index in [9.17, 15) is 9.59 Å². The van der Waals surface area contributed by atoms with E-state index >= 15 is 0 Å². The standard InChI is InChI=1S/C17H18N2O2/c1-12-6-8-13(9-7-12)10-11-16(20)19-15-5-3-2-4-14(15)17(18)21/h2-9H,10-11H2,1H3,(H2,18,21)(H,19,20). The van der Waals surface area contributed by atoms with Gasteiger partial charge >= 0.3 is 0 Å². The maximum atomic E-state index is 12.0. The molecule has 0 heterocycles. The van der Waals surface area contributed by atoms with Crippen molar-refractivity contribution in [3.05, 3.63) is 65.2 Å². The molecule has 21 heavy (non-hydrogen) atoms. The first-order chi connectivity index (χ1) is 10.1. The van der Waals surface area contributed by atoms with Gasteiger partial charge in [0.2, 0.25) is 5.91 Å². The molecule has 4 nitrogen and oxygen atoms in total. The smallest absolute Gasteiger partial charge is 0.250 e. The van der Waals surface area contributed by atoms with E-state index < -0.39 is 5.91 Å². The van der Waals surface area contributed by atoms with Gasteiger partial charge in [-0.1, -0.05) is 42.0 Å². The lowest BCUT2D eigenvalue weighted by molar-refractivity contribution is -0.116. The molecule has 0 aliphatic rings. The van der Waals surface area contributed by atoms with Gasteiger partial charge in [0, 0.05) is 6.42 Å². The summed E-state index contributed by atoms with van der Waals surface area (Å²) < 4.78 is 0. The molecule has 0 atom stereocenters. The molecule has 3 N–H and O–H groups in total. The van der Waals surface area contributed by atoms with Crippen LogP contribution in [0.25, 0.3) is 0 Å². The van der Waals surface area contributed by atoms with Crippen molar-refractivity contribution in [3.63, 3.8) is 0 Å². The van der Waals surface area contributed by atoms with Gasteiger partial charge in [-0.15, -0.1) is 0 Å². The number of anilines is 1. The van der Waals surface area contributed by atoms with E-state index in [1.165, 1.54) is 5.56 Å². The Morgan fingerprint density at radius 2 is 1.71 bits per heavy atom. The van der Waals surface area contributed by atoms with E-state index in [0.717, 1.165) is 5.56 Å². The zero-order valence-corrected chi connectivity index (χ0v) is 11.9. The fourth-order valence-electron chi connectivity index (χ4n) is 2.03. The Bertz CT molecular complexity index is 648. The summed E-state index contributed by atoms with van der Waals surface area (Å²) in [5.41, 5.74) is 8.36. The van der Waals surface area contributed by atoms with Gasteiger partial charge < -0.3 is 11.1 Å². The van der Waals surface area contributed by atoms with Gasteiger partial charge in [0.05, 0.1) is 11.3 Å². The SMILES string of the molecule is Cc1ccc(CCC(=O)Nc2ccccc2C(N)=O)cc1. The Kier molecular flexibility index (Phi) is 4.72. The molecule has 0 aromatic heterocycles. The number of carbonyl (C=O) groups excluding carboxylic acids is 2. The summed E-state index contributed by atoms with van der Waals surface area (Å²) in [6, 6.07) is 14.8.